The van der Waals surface area contributed by atoms with E-state index in [4.69, 9.17) is 20.3 Å². The van der Waals surface area contributed by atoms with Gasteiger partial charge in [-0.05, 0) is 110 Å². The number of aliphatic hydroxyl groups is 1. The highest BCUT2D eigenvalue weighted by Crippen LogP contribution is 2.37. The van der Waals surface area contributed by atoms with Gasteiger partial charge in [-0.2, -0.15) is 41.0 Å². The molecular formula is C84H89ClN26O9. The van der Waals surface area contributed by atoms with E-state index in [2.05, 4.69) is 160 Å². The van der Waals surface area contributed by atoms with Gasteiger partial charge in [0, 0.05) is 159 Å². The van der Waals surface area contributed by atoms with Crippen molar-refractivity contribution < 1.29 is 43.4 Å². The summed E-state index contributed by atoms with van der Waals surface area (Å²) in [6, 6.07) is 32.6. The van der Waals surface area contributed by atoms with E-state index in [-0.39, 0.29) is 115 Å². The van der Waals surface area contributed by atoms with Crippen molar-refractivity contribution in [3.63, 3.8) is 0 Å². The van der Waals surface area contributed by atoms with Crippen LogP contribution < -0.4 is 21.7 Å². The number of likely N-dealkylation sites (tertiary alicyclic amines) is 2. The van der Waals surface area contributed by atoms with Crippen molar-refractivity contribution in [1.82, 2.24) is 110 Å². The van der Waals surface area contributed by atoms with Gasteiger partial charge < -0.3 is 55.9 Å². The fourth-order valence-electron chi connectivity index (χ4n) is 16.8. The van der Waals surface area contributed by atoms with E-state index in [1.54, 1.807) is 65.9 Å². The summed E-state index contributed by atoms with van der Waals surface area (Å²) in [4.78, 5) is 108. The number of nitrogens with zero attached hydrogens (tertiary/aromatic N) is 20. The van der Waals surface area contributed by atoms with Gasteiger partial charge in [0.25, 0.3) is 5.89 Å². The number of nitrogens with two attached hydrogens (primary N) is 1. The number of halogens is 1. The zero-order valence-electron chi connectivity index (χ0n) is 65.6. The summed E-state index contributed by atoms with van der Waals surface area (Å²) in [5.74, 6) is 0.820. The summed E-state index contributed by atoms with van der Waals surface area (Å²) in [5, 5.41) is 68.5. The zero-order valence-corrected chi connectivity index (χ0v) is 66.4. The standard InChI is InChI=1S/C30H34N10O3.C30H27N9O3.C24H27N7O3.ClH/c41-18-28(43)38-8-5-19(6-9-38)29-24(15-40(36-29)17-27(42)39-10-7-25-26(16-39)35-37-34-25)22-13-31-30(32-14-22)33-23-11-20-3-1-2-4-21(20)12-23;40-27(38-10-9-25-26(16-38)35-37-34-25)17-39-15-24(28(36-39)18-5-7-19(8-6-18)29(41)42)22-13-31-30(32-14-22)33-23-11-20-3-1-2-4-21(20)12-23;25-12-20(32)15-5-7-31(8-6-15)22(33)11-21-29-30-23(34-21)18-13-26-24(27-14-18)28-19-9-16-3-1-2-4-17(16)10-19;/h1-4,13-15,19,23,41H,5-12,16-18H2,(H,31,32,33)(H,34,35,37);1-8,13-15,23H,9-12,16-17H2,(H,41,42)(H,31,32,33)(H,34,35,37);1-4,13-15,19H,5-12,25H2,(H,26,27,28);1H. The Morgan fingerprint density at radius 3 is 1.36 bits per heavy atom. The van der Waals surface area contributed by atoms with Crippen LogP contribution in [-0.2, 0) is 108 Å². The molecule has 0 unspecified atom stereocenters. The highest BCUT2D eigenvalue weighted by Gasteiger charge is 2.34. The molecule has 7 aliphatic rings. The minimum absolute atomic E-state index is 0. The first-order chi connectivity index (χ1) is 58.1. The van der Waals surface area contributed by atoms with Crippen LogP contribution in [0.4, 0.5) is 17.8 Å². The van der Waals surface area contributed by atoms with Gasteiger partial charge in [-0.25, -0.2) is 34.7 Å². The van der Waals surface area contributed by atoms with Gasteiger partial charge in [0.2, 0.25) is 47.4 Å². The number of nitrogens with one attached hydrogen (secondary N) is 5. The lowest BCUT2D eigenvalue weighted by Gasteiger charge is -2.31. The number of carbonyl (C=O) groups excluding carboxylic acids is 5. The predicted molar refractivity (Wildman–Crippen MR) is 439 cm³/mol. The number of rotatable bonds is 21. The molecule has 9 N–H and O–H groups in total. The van der Waals surface area contributed by atoms with Gasteiger partial charge in [0.05, 0.1) is 47.8 Å². The Morgan fingerprint density at radius 2 is 0.900 bits per heavy atom. The second-order valence-electron chi connectivity index (χ2n) is 30.9. The van der Waals surface area contributed by atoms with Gasteiger partial charge in [0.15, 0.2) is 0 Å². The van der Waals surface area contributed by atoms with E-state index in [1.165, 1.54) is 45.5 Å². The minimum atomic E-state index is -1.00. The van der Waals surface area contributed by atoms with Crippen molar-refractivity contribution in [3.05, 3.63) is 220 Å². The van der Waals surface area contributed by atoms with Crippen LogP contribution >= 0.6 is 12.4 Å². The Morgan fingerprint density at radius 1 is 0.475 bits per heavy atom. The second kappa shape index (κ2) is 36.2. The van der Waals surface area contributed by atoms with E-state index in [0.29, 0.717) is 120 Å². The van der Waals surface area contributed by atoms with Gasteiger partial charge in [-0.15, -0.1) is 22.6 Å². The molecule has 0 saturated carbocycles. The molecule has 3 aliphatic carbocycles. The molecule has 616 valence electrons. The quantitative estimate of drug-likeness (QED) is 0.0400. The number of benzene rings is 4. The maximum atomic E-state index is 13.3. The van der Waals surface area contributed by atoms with Crippen molar-refractivity contribution in [2.45, 2.75) is 134 Å². The van der Waals surface area contributed by atoms with Crippen LogP contribution in [0.15, 0.2) is 151 Å². The average molecular weight is 1640 g/mol. The molecule has 8 aromatic heterocycles. The number of Topliss-reactive ketones (excluding diaryl/α,β-unsaturated/α-hetero) is 1. The lowest BCUT2D eigenvalue weighted by atomic mass is 9.90. The maximum Gasteiger partial charge on any atom is 0.335 e. The van der Waals surface area contributed by atoms with E-state index in [0.717, 1.165) is 94.8 Å². The van der Waals surface area contributed by atoms with Crippen LogP contribution in [0.3, 0.4) is 0 Å². The predicted octanol–water partition coefficient (Wildman–Crippen LogP) is 6.14. The molecule has 2 saturated heterocycles. The second-order valence-corrected chi connectivity index (χ2v) is 30.9. The lowest BCUT2D eigenvalue weighted by molar-refractivity contribution is -0.135. The number of hydrogen-bond acceptors (Lipinski definition) is 26. The van der Waals surface area contributed by atoms with Crippen molar-refractivity contribution in [1.29, 1.82) is 0 Å². The third-order valence-electron chi connectivity index (χ3n) is 23.2. The number of fused-ring (bicyclic) bond motifs is 5. The molecule has 12 heterocycles. The Balaban J connectivity index is 0.000000134. The number of hydrogen-bond donors (Lipinski definition) is 8. The molecule has 0 atom stereocenters. The monoisotopic (exact) mass is 1640 g/mol. The Bertz CT molecular complexity index is 5590. The van der Waals surface area contributed by atoms with E-state index in [1.807, 2.05) is 24.8 Å². The third-order valence-corrected chi connectivity index (χ3v) is 23.2. The average Bonchev–Trinajstić information content (AvgIpc) is 1.66. The molecule has 0 bridgehead atoms. The van der Waals surface area contributed by atoms with Gasteiger partial charge >= 0.3 is 5.97 Å². The Kier molecular flexibility index (Phi) is 24.3. The van der Waals surface area contributed by atoms with Crippen LogP contribution in [0.2, 0.25) is 0 Å². The summed E-state index contributed by atoms with van der Waals surface area (Å²) in [7, 11) is 0. The third kappa shape index (κ3) is 18.5. The van der Waals surface area contributed by atoms with Crippen LogP contribution in [0.1, 0.15) is 110 Å². The SMILES string of the molecule is Cl.NCC(=O)C1CCN(C(=O)Cc2nnc(-c3cnc(NC4Cc5ccccc5C4)nc3)o2)CC1.O=C(CO)N1CCC(c2nn(CC(=O)N3CCc4n[nH]nc4C3)cc2-c2cnc(NC3Cc4ccccc4C3)nc2)CC1.O=C(O)c1ccc(-c2nn(CC(=O)N3CCc4n[nH]nc4C3)cc2-c2cnc(NC3Cc4ccccc4C3)nc2)cc1. The largest absolute Gasteiger partial charge is 0.478 e. The molecule has 19 rings (SSSR count). The lowest BCUT2D eigenvalue weighted by Crippen LogP contribution is -2.42. The number of carbonyl (C=O) groups is 6. The molecule has 120 heavy (non-hydrogen) atoms. The van der Waals surface area contributed by atoms with E-state index in [9.17, 15) is 39.0 Å². The Labute approximate surface area is 694 Å². The van der Waals surface area contributed by atoms with Crippen LogP contribution in [0.25, 0.3) is 45.0 Å². The number of amides is 4. The first-order valence-electron chi connectivity index (χ1n) is 40.1. The fraction of sp³-hybridized carbons (Fsp3) is 0.357. The summed E-state index contributed by atoms with van der Waals surface area (Å²) in [6.45, 7) is 3.85. The molecule has 0 spiro atoms. The molecule has 0 radical (unpaired) electrons. The first kappa shape index (κ1) is 80.4. The molecule has 35 nitrogen and oxygen atoms in total. The number of anilines is 3. The number of aliphatic hydroxyl groups excluding tert-OH is 1. The highest BCUT2D eigenvalue weighted by molar-refractivity contribution is 5.89. The zero-order chi connectivity index (χ0) is 81.5. The minimum Gasteiger partial charge on any atom is -0.478 e. The first-order valence-corrected chi connectivity index (χ1v) is 40.1. The summed E-state index contributed by atoms with van der Waals surface area (Å²) < 4.78 is 9.00. The number of aromatic amines is 2. The number of piperidine rings is 2. The number of aromatic nitrogens is 18. The normalized spacial score (nSPS) is 15.8. The van der Waals surface area contributed by atoms with Gasteiger partial charge in [0.1, 0.15) is 49.0 Å². The fourth-order valence-corrected chi connectivity index (χ4v) is 16.8. The summed E-state index contributed by atoms with van der Waals surface area (Å²) >= 11 is 0. The molecule has 4 aromatic carbocycles. The van der Waals surface area contributed by atoms with Gasteiger partial charge in [-0.1, -0.05) is 84.9 Å². The molecular weight excluding hydrogens is 1550 g/mol. The van der Waals surface area contributed by atoms with E-state index >= 15 is 0 Å². The molecule has 12 aromatic rings. The smallest absolute Gasteiger partial charge is 0.335 e. The van der Waals surface area contributed by atoms with Crippen LogP contribution in [0.5, 0.6) is 0 Å². The summed E-state index contributed by atoms with van der Waals surface area (Å²) in [6.07, 6.45) is 23.8. The summed E-state index contributed by atoms with van der Waals surface area (Å²) in [5.41, 5.74) is 23.1. The van der Waals surface area contributed by atoms with Gasteiger partial charge in [-0.3, -0.25) is 33.3 Å². The van der Waals surface area contributed by atoms with Crippen molar-refractivity contribution in [3.8, 4) is 45.0 Å². The number of carboxylic acids is 1. The number of H-pyrrole nitrogens is 2. The number of ketones is 1. The van der Waals surface area contributed by atoms with E-state index < -0.39 is 12.6 Å². The number of aromatic carboxylic acids is 1. The highest BCUT2D eigenvalue weighted by atomic mass is 35.5. The molecule has 4 aliphatic heterocycles. The number of carboxylic acid groups (broad SMARTS) is 1. The maximum absolute atomic E-state index is 13.3. The van der Waals surface area contributed by atoms with Crippen LogP contribution in [-0.4, -0.2) is 226 Å². The van der Waals surface area contributed by atoms with Crippen molar-refractivity contribution in [2.75, 3.05) is 68.4 Å². The topological polar surface area (TPSA) is 453 Å². The molecule has 4 amide bonds. The van der Waals surface area contributed by atoms with Crippen molar-refractivity contribution in [2.24, 2.45) is 11.7 Å². The molecule has 36 heteroatoms. The van der Waals surface area contributed by atoms with Crippen LogP contribution in [0, 0.1) is 5.92 Å². The Hall–Kier alpha value is -13.4. The van der Waals surface area contributed by atoms with Crippen molar-refractivity contribution >= 4 is 65.6 Å². The molecule has 2 fully saturated rings.